The molecule has 4 rings (SSSR count). The number of aromatic nitrogens is 1. The Kier molecular flexibility index (Phi) is 6.01. The molecule has 2 aliphatic rings. The molecule has 1 saturated heterocycles. The van der Waals surface area contributed by atoms with E-state index in [9.17, 15) is 18.0 Å². The highest BCUT2D eigenvalue weighted by molar-refractivity contribution is 7.89. The highest BCUT2D eigenvalue weighted by Crippen LogP contribution is 2.23. The Balaban J connectivity index is 1.41. The van der Waals surface area contributed by atoms with Crippen molar-refractivity contribution in [3.05, 3.63) is 42.2 Å². The Morgan fingerprint density at radius 3 is 2.19 bits per heavy atom. The van der Waals surface area contributed by atoms with Gasteiger partial charge < -0.3 is 20.5 Å². The number of sulfonamides is 1. The summed E-state index contributed by atoms with van der Waals surface area (Å²) in [5.41, 5.74) is 1.41. The molecule has 2 aromatic rings. The number of aryl methyl sites for hydroxylation is 1. The van der Waals surface area contributed by atoms with E-state index in [2.05, 4.69) is 16.0 Å². The summed E-state index contributed by atoms with van der Waals surface area (Å²) in [7, 11) is -1.96. The number of hydrogen-bond donors (Lipinski definition) is 3. The topological polar surface area (TPSA) is 113 Å². The fourth-order valence-corrected chi connectivity index (χ4v) is 5.16. The Morgan fingerprint density at radius 1 is 0.968 bits per heavy atom. The van der Waals surface area contributed by atoms with Crippen molar-refractivity contribution in [3.8, 4) is 0 Å². The summed E-state index contributed by atoms with van der Waals surface area (Å²) in [5.74, 6) is -0.408. The maximum atomic E-state index is 12.9. The van der Waals surface area contributed by atoms with Crippen LogP contribution in [0.5, 0.6) is 0 Å². The normalized spacial score (nSPS) is 17.2. The van der Waals surface area contributed by atoms with Crippen LogP contribution in [0.1, 0.15) is 42.6 Å². The molecule has 2 fully saturated rings. The quantitative estimate of drug-likeness (QED) is 0.635. The number of rotatable bonds is 6. The van der Waals surface area contributed by atoms with Crippen LogP contribution in [-0.4, -0.2) is 48.4 Å². The zero-order valence-electron chi connectivity index (χ0n) is 17.4. The lowest BCUT2D eigenvalue weighted by atomic mass is 10.2. The largest absolute Gasteiger partial charge is 0.345 e. The maximum absolute atomic E-state index is 12.9. The van der Waals surface area contributed by atoms with E-state index in [1.807, 2.05) is 0 Å². The lowest BCUT2D eigenvalue weighted by molar-refractivity contribution is 0.101. The van der Waals surface area contributed by atoms with E-state index >= 15 is 0 Å². The minimum absolute atomic E-state index is 0.128. The van der Waals surface area contributed by atoms with Gasteiger partial charge in [-0.15, -0.1) is 0 Å². The Labute approximate surface area is 181 Å². The molecule has 3 amide bonds. The predicted octanol–water partition coefficient (Wildman–Crippen LogP) is 2.74. The van der Waals surface area contributed by atoms with E-state index < -0.39 is 15.9 Å². The van der Waals surface area contributed by atoms with Gasteiger partial charge in [0.2, 0.25) is 10.0 Å². The summed E-state index contributed by atoms with van der Waals surface area (Å²) in [5, 5.41) is 8.36. The van der Waals surface area contributed by atoms with Crippen LogP contribution >= 0.6 is 0 Å². The molecule has 9 nitrogen and oxygen atoms in total. The van der Waals surface area contributed by atoms with Crippen LogP contribution in [0.25, 0.3) is 0 Å². The Hall–Kier alpha value is -2.85. The Morgan fingerprint density at radius 2 is 1.58 bits per heavy atom. The molecule has 1 saturated carbocycles. The van der Waals surface area contributed by atoms with Gasteiger partial charge >= 0.3 is 6.03 Å². The Bertz CT molecular complexity index is 1070. The van der Waals surface area contributed by atoms with Crippen LogP contribution in [0.2, 0.25) is 0 Å². The lowest BCUT2D eigenvalue weighted by Crippen LogP contribution is -2.35. The molecule has 0 unspecified atom stereocenters. The number of amides is 3. The third-order valence-corrected chi connectivity index (χ3v) is 7.34. The van der Waals surface area contributed by atoms with Crippen LogP contribution in [-0.2, 0) is 17.1 Å². The van der Waals surface area contributed by atoms with Gasteiger partial charge in [-0.05, 0) is 56.0 Å². The number of hydrogen-bond acceptors (Lipinski definition) is 4. The zero-order valence-corrected chi connectivity index (χ0v) is 18.2. The van der Waals surface area contributed by atoms with Crippen LogP contribution in [0.4, 0.5) is 16.2 Å². The number of nitrogens with zero attached hydrogens (tertiary/aromatic N) is 2. The predicted molar refractivity (Wildman–Crippen MR) is 118 cm³/mol. The van der Waals surface area contributed by atoms with Crippen molar-refractivity contribution in [2.24, 2.45) is 7.05 Å². The number of piperidine rings is 1. The summed E-state index contributed by atoms with van der Waals surface area (Å²) < 4.78 is 28.7. The lowest BCUT2D eigenvalue weighted by Gasteiger charge is -2.25. The summed E-state index contributed by atoms with van der Waals surface area (Å²) in [6.45, 7) is 1.02. The number of nitrogens with one attached hydrogen (secondary N) is 3. The van der Waals surface area contributed by atoms with Crippen molar-refractivity contribution < 1.29 is 18.0 Å². The van der Waals surface area contributed by atoms with E-state index in [-0.39, 0.29) is 22.7 Å². The van der Waals surface area contributed by atoms with E-state index in [1.54, 1.807) is 31.3 Å². The monoisotopic (exact) mass is 445 g/mol. The maximum Gasteiger partial charge on any atom is 0.319 e. The first-order valence-corrected chi connectivity index (χ1v) is 11.9. The zero-order chi connectivity index (χ0) is 22.0. The van der Waals surface area contributed by atoms with Crippen LogP contribution in [0, 0.1) is 0 Å². The molecule has 0 spiro atoms. The standard InChI is InChI=1S/C21H27N5O4S/c1-25-14-18(31(29,30)26-11-3-2-4-12-26)13-19(25)20(27)22-15-5-7-16(8-6-15)23-21(28)24-17-9-10-17/h5-8,13-14,17H,2-4,9-12H2,1H3,(H,22,27)(H2,23,24,28). The van der Waals surface area contributed by atoms with Gasteiger partial charge in [0.1, 0.15) is 10.6 Å². The molecule has 1 aliphatic heterocycles. The fourth-order valence-electron chi connectivity index (χ4n) is 3.57. The van der Waals surface area contributed by atoms with Gasteiger partial charge in [0.15, 0.2) is 0 Å². The number of carbonyl (C=O) groups excluding carboxylic acids is 2. The second-order valence-electron chi connectivity index (χ2n) is 8.04. The van der Waals surface area contributed by atoms with Gasteiger partial charge in [-0.1, -0.05) is 6.42 Å². The van der Waals surface area contributed by atoms with Crippen LogP contribution < -0.4 is 16.0 Å². The minimum Gasteiger partial charge on any atom is -0.345 e. The molecule has 3 N–H and O–H groups in total. The first-order valence-electron chi connectivity index (χ1n) is 10.5. The first-order chi connectivity index (χ1) is 14.8. The summed E-state index contributed by atoms with van der Waals surface area (Å²) in [4.78, 5) is 24.6. The van der Waals surface area contributed by atoms with Crippen molar-refractivity contribution in [2.75, 3.05) is 23.7 Å². The van der Waals surface area contributed by atoms with Crippen molar-refractivity contribution >= 4 is 33.3 Å². The van der Waals surface area contributed by atoms with Gasteiger partial charge in [-0.2, -0.15) is 4.31 Å². The minimum atomic E-state index is -3.61. The third-order valence-electron chi connectivity index (χ3n) is 5.48. The molecule has 10 heteroatoms. The molecule has 31 heavy (non-hydrogen) atoms. The van der Waals surface area contributed by atoms with Gasteiger partial charge in [0.05, 0.1) is 0 Å². The van der Waals surface area contributed by atoms with Crippen molar-refractivity contribution in [1.82, 2.24) is 14.2 Å². The molecule has 1 aromatic heterocycles. The van der Waals surface area contributed by atoms with E-state index in [0.717, 1.165) is 32.1 Å². The molecule has 1 aliphatic carbocycles. The smallest absolute Gasteiger partial charge is 0.319 e. The molecule has 166 valence electrons. The summed E-state index contributed by atoms with van der Waals surface area (Å²) in [6, 6.07) is 8.19. The first kappa shape index (κ1) is 21.4. The van der Waals surface area contributed by atoms with Crippen molar-refractivity contribution in [3.63, 3.8) is 0 Å². The van der Waals surface area contributed by atoms with Gasteiger partial charge in [-0.25, -0.2) is 13.2 Å². The average Bonchev–Trinajstić information content (AvgIpc) is 3.47. The van der Waals surface area contributed by atoms with Gasteiger partial charge in [-0.3, -0.25) is 4.79 Å². The molecule has 2 heterocycles. The highest BCUT2D eigenvalue weighted by Gasteiger charge is 2.28. The molecule has 0 atom stereocenters. The average molecular weight is 446 g/mol. The molecular formula is C21H27N5O4S. The van der Waals surface area contributed by atoms with E-state index in [0.29, 0.717) is 24.5 Å². The van der Waals surface area contributed by atoms with Crippen molar-refractivity contribution in [1.29, 1.82) is 0 Å². The van der Waals surface area contributed by atoms with Gasteiger partial charge in [0, 0.05) is 43.8 Å². The molecule has 1 aromatic carbocycles. The second kappa shape index (κ2) is 8.72. The van der Waals surface area contributed by atoms with E-state index in [1.165, 1.54) is 21.1 Å². The fraction of sp³-hybridized carbons (Fsp3) is 0.429. The second-order valence-corrected chi connectivity index (χ2v) is 9.98. The van der Waals surface area contributed by atoms with Crippen molar-refractivity contribution in [2.45, 2.75) is 43.0 Å². The number of anilines is 2. The number of benzene rings is 1. The highest BCUT2D eigenvalue weighted by atomic mass is 32.2. The number of urea groups is 1. The van der Waals surface area contributed by atoms with E-state index in [4.69, 9.17) is 0 Å². The molecular weight excluding hydrogens is 418 g/mol. The SMILES string of the molecule is Cn1cc(S(=O)(=O)N2CCCCC2)cc1C(=O)Nc1ccc(NC(=O)NC2CC2)cc1. The van der Waals surface area contributed by atoms with Crippen LogP contribution in [0.3, 0.4) is 0 Å². The molecule has 0 bridgehead atoms. The van der Waals surface area contributed by atoms with Crippen LogP contribution in [0.15, 0.2) is 41.4 Å². The summed E-state index contributed by atoms with van der Waals surface area (Å²) in [6.07, 6.45) is 6.24. The third kappa shape index (κ3) is 5.08. The number of carbonyl (C=O) groups is 2. The summed E-state index contributed by atoms with van der Waals surface area (Å²) >= 11 is 0. The molecule has 0 radical (unpaired) electrons. The van der Waals surface area contributed by atoms with Gasteiger partial charge in [0.25, 0.3) is 5.91 Å².